The van der Waals surface area contributed by atoms with E-state index in [1.807, 2.05) is 0 Å². The molecule has 4 nitrogen and oxygen atoms in total. The van der Waals surface area contributed by atoms with E-state index in [9.17, 15) is 0 Å². The van der Waals surface area contributed by atoms with Gasteiger partial charge in [0.25, 0.3) is 0 Å². The van der Waals surface area contributed by atoms with Gasteiger partial charge in [0.2, 0.25) is 0 Å². The second-order valence-corrected chi connectivity index (χ2v) is 12.6. The van der Waals surface area contributed by atoms with Crippen molar-refractivity contribution in [3.8, 4) is 0 Å². The normalized spacial score (nSPS) is 19.2. The molecule has 0 bridgehead atoms. The van der Waals surface area contributed by atoms with Crippen molar-refractivity contribution in [2.45, 2.75) is 0 Å². The molecule has 0 atom stereocenters. The number of nitrogens with two attached hydrogens (primary N) is 4. The van der Waals surface area contributed by atoms with E-state index in [0.717, 1.165) is 0 Å². The molecule has 0 amide bonds. The molecule has 0 heterocycles. The van der Waals surface area contributed by atoms with Crippen LogP contribution in [0, 0.1) is 0 Å². The summed E-state index contributed by atoms with van der Waals surface area (Å²) in [5.41, 5.74) is 0. The van der Waals surface area contributed by atoms with Gasteiger partial charge >= 0.3 is 41.2 Å². The van der Waals surface area contributed by atoms with Gasteiger partial charge in [-0.05, 0) is 0 Å². The van der Waals surface area contributed by atoms with Gasteiger partial charge < -0.3 is 0 Å². The molecule has 0 aromatic rings. The van der Waals surface area contributed by atoms with E-state index in [-0.39, 0.29) is 0 Å². The third kappa shape index (κ3) is 112. The molecule has 0 spiro atoms. The van der Waals surface area contributed by atoms with Crippen LogP contribution in [-0.4, -0.2) is 0 Å². The molecule has 0 aromatic carbocycles. The monoisotopic (exact) mass is 292 g/mol. The minimum atomic E-state index is -4.13. The van der Waals surface area contributed by atoms with E-state index in [2.05, 4.69) is 0 Å². The van der Waals surface area contributed by atoms with Gasteiger partial charge in [-0.25, -0.2) is 0 Å². The Kier molecular flexibility index (Phi) is 1.28. The van der Waals surface area contributed by atoms with Gasteiger partial charge in [0.1, 0.15) is 0 Å². The number of hydrogen-bond donors (Lipinski definition) is 4. The van der Waals surface area contributed by atoms with Gasteiger partial charge in [-0.2, -0.15) is 0 Å². The van der Waals surface area contributed by atoms with Crippen LogP contribution in [0.5, 0.6) is 0 Å². The average Bonchev–Trinajstić information content (AvgIpc) is 0.650. The van der Waals surface area contributed by atoms with E-state index >= 15 is 0 Å². The summed E-state index contributed by atoms with van der Waals surface area (Å²) >= 11 is -4.13. The Balaban J connectivity index is 3.73. The Bertz CT molecular complexity index is 40.7. The van der Waals surface area contributed by atoms with Gasteiger partial charge in [0.15, 0.2) is 0 Å². The molecule has 0 unspecified atom stereocenters. The van der Waals surface area contributed by atoms with Gasteiger partial charge in [0, 0.05) is 0 Å². The second-order valence-electron chi connectivity index (χ2n) is 0.958. The maximum atomic E-state index is 5.09. The zero-order valence-corrected chi connectivity index (χ0v) is 6.17. The van der Waals surface area contributed by atoms with E-state index in [4.69, 9.17) is 27.2 Å². The summed E-state index contributed by atoms with van der Waals surface area (Å²) in [6, 6.07) is 0. The summed E-state index contributed by atoms with van der Waals surface area (Å²) in [7, 11) is 5.09. The summed E-state index contributed by atoms with van der Waals surface area (Å²) in [5, 5.41) is 0. The average molecular weight is 292 g/mol. The third-order valence-corrected chi connectivity index (χ3v) is 0. The van der Waals surface area contributed by atoms with Crippen LogP contribution in [0.2, 0.25) is 0 Å². The number of halogens is 1. The SMILES string of the molecule is [NH2][Ir]([NH2])([NH2])([NH2])[Cl]. The van der Waals surface area contributed by atoms with Crippen LogP contribution in [0.1, 0.15) is 0 Å². The Morgan fingerprint density at radius 1 is 1.00 bits per heavy atom. The van der Waals surface area contributed by atoms with Crippen molar-refractivity contribution in [1.82, 2.24) is 0 Å². The Morgan fingerprint density at radius 2 is 1.00 bits per heavy atom. The predicted molar refractivity (Wildman–Crippen MR) is 22.6 cm³/mol. The van der Waals surface area contributed by atoms with Crippen LogP contribution in [0.15, 0.2) is 0 Å². The molecule has 0 aromatic heterocycles. The van der Waals surface area contributed by atoms with Crippen molar-refractivity contribution < 1.29 is 14.0 Å². The molecule has 0 rings (SSSR count). The maximum absolute atomic E-state index is 5.09. The molecular weight excluding hydrogens is 284 g/mol. The van der Waals surface area contributed by atoms with E-state index in [1.54, 1.807) is 0 Å². The molecule has 0 saturated carbocycles. The second kappa shape index (κ2) is 1.14. The zero-order chi connectivity index (χ0) is 5.45. The Hall–Kier alpha value is 0.779. The fraction of sp³-hybridized carbons (Fsp3) is 0. The van der Waals surface area contributed by atoms with Gasteiger partial charge in [-0.15, -0.1) is 0 Å². The third-order valence-electron chi connectivity index (χ3n) is 0. The molecule has 0 aliphatic heterocycles. The minimum absolute atomic E-state index is 4.13. The molecule has 44 valence electrons. The molecule has 6 heteroatoms. The van der Waals surface area contributed by atoms with Crippen molar-refractivity contribution in [3.05, 3.63) is 0 Å². The quantitative estimate of drug-likeness (QED) is 0.428. The summed E-state index contributed by atoms with van der Waals surface area (Å²) in [4.78, 5) is 0. The first-order chi connectivity index (χ1) is 2.24. The zero-order valence-electron chi connectivity index (χ0n) is 3.02. The van der Waals surface area contributed by atoms with Crippen LogP contribution >= 0.6 is 9.58 Å². The molecular formula is H8ClIrN4. The summed E-state index contributed by atoms with van der Waals surface area (Å²) in [5.74, 6) is 0. The van der Waals surface area contributed by atoms with Crippen LogP contribution in [-0.2, 0) is 14.0 Å². The van der Waals surface area contributed by atoms with Crippen molar-refractivity contribution in [2.75, 3.05) is 0 Å². The van der Waals surface area contributed by atoms with Gasteiger partial charge in [0.05, 0.1) is 0 Å². The van der Waals surface area contributed by atoms with Crippen LogP contribution < -0.4 is 17.6 Å². The molecule has 0 aliphatic carbocycles. The summed E-state index contributed by atoms with van der Waals surface area (Å²) in [6.07, 6.45) is 0. The molecule has 0 aliphatic rings. The van der Waals surface area contributed by atoms with E-state index in [1.165, 1.54) is 0 Å². The standard InChI is InChI=1S/ClH.Ir.4H2N/h1H;;4*1H2/q;+5;4*-1/p-1. The van der Waals surface area contributed by atoms with Gasteiger partial charge in [-0.3, -0.25) is 0 Å². The number of hydrogen-bond acceptors (Lipinski definition) is 4. The Labute approximate surface area is 41.7 Å². The first kappa shape index (κ1) is 6.78. The van der Waals surface area contributed by atoms with Crippen LogP contribution in [0.4, 0.5) is 0 Å². The molecule has 8 N–H and O–H groups in total. The van der Waals surface area contributed by atoms with E-state index in [0.29, 0.717) is 0 Å². The fourth-order valence-electron chi connectivity index (χ4n) is 0. The molecule has 0 saturated heterocycles. The van der Waals surface area contributed by atoms with Crippen LogP contribution in [0.25, 0.3) is 0 Å². The van der Waals surface area contributed by atoms with Crippen molar-refractivity contribution in [2.24, 2.45) is 17.6 Å². The van der Waals surface area contributed by atoms with Crippen molar-refractivity contribution in [1.29, 1.82) is 0 Å². The first-order valence-corrected chi connectivity index (χ1v) is 9.39. The molecule has 0 radical (unpaired) electrons. The molecule has 0 fully saturated rings. The fourth-order valence-corrected chi connectivity index (χ4v) is 0. The van der Waals surface area contributed by atoms with Crippen LogP contribution in [0.3, 0.4) is 0 Å². The topological polar surface area (TPSA) is 104 Å². The number of rotatable bonds is 0. The summed E-state index contributed by atoms with van der Waals surface area (Å²) < 4.78 is 19.6. The van der Waals surface area contributed by atoms with Crippen molar-refractivity contribution in [3.63, 3.8) is 0 Å². The van der Waals surface area contributed by atoms with Gasteiger partial charge in [-0.1, -0.05) is 0 Å². The van der Waals surface area contributed by atoms with E-state index < -0.39 is 14.0 Å². The summed E-state index contributed by atoms with van der Waals surface area (Å²) in [6.45, 7) is 0. The van der Waals surface area contributed by atoms with Crippen molar-refractivity contribution >= 4 is 9.58 Å². The first-order valence-electron chi connectivity index (χ1n) is 0.896. The Morgan fingerprint density at radius 3 is 1.00 bits per heavy atom. The predicted octanol–water partition coefficient (Wildman–Crippen LogP) is -1.68. The molecule has 6 heavy (non-hydrogen) atoms.